The predicted molar refractivity (Wildman–Crippen MR) is 105 cm³/mol. The Morgan fingerprint density at radius 3 is 1.50 bits per heavy atom. The Balaban J connectivity index is 0. The Hall–Kier alpha value is 0.870. The Morgan fingerprint density at radius 2 is 1.12 bits per heavy atom. The zero-order valence-corrected chi connectivity index (χ0v) is 20.4. The second-order valence-electron chi connectivity index (χ2n) is 7.43. The molecule has 0 aromatic rings. The minimum atomic E-state index is -4.13. The van der Waals surface area contributed by atoms with Crippen LogP contribution in [0.25, 0.3) is 0 Å². The van der Waals surface area contributed by atoms with Crippen LogP contribution in [0.15, 0.2) is 0 Å². The first-order valence-electron chi connectivity index (χ1n) is 10.5. The van der Waals surface area contributed by atoms with E-state index < -0.39 is 15.4 Å². The van der Waals surface area contributed by atoms with Gasteiger partial charge in [0, 0.05) is 5.25 Å². The van der Waals surface area contributed by atoms with Crippen LogP contribution in [0.3, 0.4) is 0 Å². The number of hydrogen-bond acceptors (Lipinski definition) is 4. The molecule has 4 nitrogen and oxygen atoms in total. The first kappa shape index (κ1) is 29.1. The van der Waals surface area contributed by atoms with E-state index in [0.717, 1.165) is 57.8 Å². The third-order valence-electron chi connectivity index (χ3n) is 5.07. The average Bonchev–Trinajstić information content (AvgIpc) is 2.56. The van der Waals surface area contributed by atoms with Gasteiger partial charge in [0.15, 0.2) is 0 Å². The van der Waals surface area contributed by atoms with E-state index in [-0.39, 0.29) is 35.7 Å². The third-order valence-corrected chi connectivity index (χ3v) is 6.36. The summed E-state index contributed by atoms with van der Waals surface area (Å²) >= 11 is 0. The summed E-state index contributed by atoms with van der Waals surface area (Å²) in [7, 11) is -4.13. The molecule has 152 valence electrons. The zero-order chi connectivity index (χ0) is 19.0. The van der Waals surface area contributed by atoms with Gasteiger partial charge in [-0.15, -0.1) is 0 Å². The smallest absolute Gasteiger partial charge is 0.748 e. The van der Waals surface area contributed by atoms with Gasteiger partial charge in [-0.05, 0) is 25.7 Å². The summed E-state index contributed by atoms with van der Waals surface area (Å²) in [5.74, 6) is 0. The molecule has 0 aromatic carbocycles. The number of aliphatic hydroxyl groups is 1. The maximum absolute atomic E-state index is 11.3. The van der Waals surface area contributed by atoms with Crippen LogP contribution >= 0.6 is 0 Å². The average molecular weight is 401 g/mol. The molecule has 0 aliphatic rings. The van der Waals surface area contributed by atoms with Crippen LogP contribution in [0.4, 0.5) is 0 Å². The van der Waals surface area contributed by atoms with Gasteiger partial charge in [0.05, 0.1) is 16.2 Å². The minimum Gasteiger partial charge on any atom is -0.748 e. The van der Waals surface area contributed by atoms with Crippen molar-refractivity contribution in [1.29, 1.82) is 0 Å². The molecule has 2 unspecified atom stereocenters. The number of hydrogen-bond donors (Lipinski definition) is 1. The van der Waals surface area contributed by atoms with Crippen LogP contribution in [0.5, 0.6) is 0 Å². The SMILES string of the molecule is CCCCCC(CCCCCCCCCCCC(O)CC)S(=O)(=O)[O-].[Na+]. The maximum atomic E-state index is 11.3. The molecular formula is C20H41NaO4S. The van der Waals surface area contributed by atoms with Crippen molar-refractivity contribution in [3.05, 3.63) is 0 Å². The van der Waals surface area contributed by atoms with Gasteiger partial charge in [-0.1, -0.05) is 90.9 Å². The van der Waals surface area contributed by atoms with Gasteiger partial charge in [-0.2, -0.15) is 0 Å². The predicted octanol–water partition coefficient (Wildman–Crippen LogP) is 2.55. The molecule has 26 heavy (non-hydrogen) atoms. The van der Waals surface area contributed by atoms with Crippen molar-refractivity contribution in [3.8, 4) is 0 Å². The van der Waals surface area contributed by atoms with E-state index in [1.165, 1.54) is 32.1 Å². The second-order valence-corrected chi connectivity index (χ2v) is 9.08. The first-order valence-corrected chi connectivity index (χ1v) is 12.0. The molecule has 0 saturated heterocycles. The van der Waals surface area contributed by atoms with Crippen LogP contribution in [-0.2, 0) is 10.1 Å². The molecule has 6 heteroatoms. The molecule has 0 aliphatic carbocycles. The van der Waals surface area contributed by atoms with Crippen LogP contribution in [0.1, 0.15) is 117 Å². The van der Waals surface area contributed by atoms with Crippen molar-refractivity contribution < 1.29 is 47.6 Å². The van der Waals surface area contributed by atoms with Gasteiger partial charge in [0.25, 0.3) is 0 Å². The van der Waals surface area contributed by atoms with Gasteiger partial charge < -0.3 is 9.66 Å². The van der Waals surface area contributed by atoms with Gasteiger partial charge in [-0.25, -0.2) is 8.42 Å². The summed E-state index contributed by atoms with van der Waals surface area (Å²) < 4.78 is 33.9. The van der Waals surface area contributed by atoms with E-state index in [4.69, 9.17) is 0 Å². The fourth-order valence-electron chi connectivity index (χ4n) is 3.25. The van der Waals surface area contributed by atoms with Gasteiger partial charge >= 0.3 is 29.6 Å². The maximum Gasteiger partial charge on any atom is 1.00 e. The van der Waals surface area contributed by atoms with Crippen molar-refractivity contribution in [2.45, 2.75) is 128 Å². The van der Waals surface area contributed by atoms with E-state index in [0.29, 0.717) is 12.8 Å². The molecule has 0 amide bonds. The van der Waals surface area contributed by atoms with Crippen LogP contribution in [0.2, 0.25) is 0 Å². The van der Waals surface area contributed by atoms with Crippen molar-refractivity contribution in [2.24, 2.45) is 0 Å². The molecule has 0 aliphatic heterocycles. The summed E-state index contributed by atoms with van der Waals surface area (Å²) in [6.45, 7) is 4.10. The van der Waals surface area contributed by atoms with E-state index in [1.807, 2.05) is 6.92 Å². The molecule has 0 spiro atoms. The molecule has 0 heterocycles. The molecule has 0 aromatic heterocycles. The fourth-order valence-corrected chi connectivity index (χ4v) is 4.16. The van der Waals surface area contributed by atoms with Gasteiger partial charge in [0.1, 0.15) is 0 Å². The minimum absolute atomic E-state index is 0. The molecule has 0 rings (SSSR count). The normalized spacial score (nSPS) is 14.0. The molecular weight excluding hydrogens is 359 g/mol. The quantitative estimate of drug-likeness (QED) is 0.218. The standard InChI is InChI=1S/C20H42O4S.Na/c1-3-5-13-17-20(25(22,23)24)18-15-12-10-8-6-7-9-11-14-16-19(21)4-2;/h19-21H,3-18H2,1-2H3,(H,22,23,24);/q;+1/p-1. The monoisotopic (exact) mass is 400 g/mol. The Morgan fingerprint density at radius 1 is 0.731 bits per heavy atom. The van der Waals surface area contributed by atoms with Gasteiger partial charge in [0.2, 0.25) is 0 Å². The molecule has 0 radical (unpaired) electrons. The molecule has 0 bridgehead atoms. The first-order chi connectivity index (χ1) is 11.9. The number of aliphatic hydroxyl groups excluding tert-OH is 1. The Bertz CT molecular complexity index is 387. The van der Waals surface area contributed by atoms with Gasteiger partial charge in [-0.3, -0.25) is 0 Å². The summed E-state index contributed by atoms with van der Waals surface area (Å²) in [6.07, 6.45) is 15.9. The van der Waals surface area contributed by atoms with Crippen molar-refractivity contribution in [3.63, 3.8) is 0 Å². The number of unbranched alkanes of at least 4 members (excludes halogenated alkanes) is 10. The van der Waals surface area contributed by atoms with Crippen LogP contribution in [-0.4, -0.2) is 29.4 Å². The second kappa shape index (κ2) is 19.2. The zero-order valence-electron chi connectivity index (χ0n) is 17.5. The fraction of sp³-hybridized carbons (Fsp3) is 1.00. The molecule has 0 saturated carbocycles. The largest absolute Gasteiger partial charge is 1.00 e. The van der Waals surface area contributed by atoms with E-state index in [1.54, 1.807) is 0 Å². The summed E-state index contributed by atoms with van der Waals surface area (Å²) in [5.41, 5.74) is 0. The Labute approximate surface area is 185 Å². The third kappa shape index (κ3) is 18.2. The van der Waals surface area contributed by atoms with Crippen LogP contribution in [0, 0.1) is 0 Å². The molecule has 0 fully saturated rings. The molecule has 2 atom stereocenters. The summed E-state index contributed by atoms with van der Waals surface area (Å²) in [4.78, 5) is 0. The topological polar surface area (TPSA) is 77.4 Å². The van der Waals surface area contributed by atoms with E-state index >= 15 is 0 Å². The van der Waals surface area contributed by atoms with E-state index in [2.05, 4.69) is 6.92 Å². The summed E-state index contributed by atoms with van der Waals surface area (Å²) in [5, 5.41) is 8.80. The van der Waals surface area contributed by atoms with Crippen molar-refractivity contribution in [1.82, 2.24) is 0 Å². The summed E-state index contributed by atoms with van der Waals surface area (Å²) in [6, 6.07) is 0. The van der Waals surface area contributed by atoms with Crippen LogP contribution < -0.4 is 29.6 Å². The van der Waals surface area contributed by atoms with Crippen molar-refractivity contribution in [2.75, 3.05) is 0 Å². The van der Waals surface area contributed by atoms with Crippen molar-refractivity contribution >= 4 is 10.1 Å². The van der Waals surface area contributed by atoms with E-state index in [9.17, 15) is 18.1 Å². The number of rotatable bonds is 18. The molecule has 1 N–H and O–H groups in total. The Kier molecular flexibility index (Phi) is 21.5.